The average Bonchev–Trinajstić information content (AvgIpc) is 2.61. The van der Waals surface area contributed by atoms with Crippen molar-refractivity contribution in [1.29, 1.82) is 0 Å². The summed E-state index contributed by atoms with van der Waals surface area (Å²) in [6.45, 7) is 3.14. The number of anilines is 1. The number of carbonyl (C=O) groups is 1. The molecule has 0 aliphatic carbocycles. The molecular weight excluding hydrogens is 382 g/mol. The summed E-state index contributed by atoms with van der Waals surface area (Å²) in [5, 5.41) is 21.5. The van der Waals surface area contributed by atoms with Crippen LogP contribution in [0.15, 0.2) is 63.7 Å². The molecule has 1 amide bonds. The van der Waals surface area contributed by atoms with Crippen molar-refractivity contribution in [3.05, 3.63) is 54.1 Å². The summed E-state index contributed by atoms with van der Waals surface area (Å²) < 4.78 is 32.8. The van der Waals surface area contributed by atoms with Crippen LogP contribution in [0, 0.1) is 6.92 Å². The number of aromatic hydroxyl groups is 1. The van der Waals surface area contributed by atoms with Crippen LogP contribution in [-0.4, -0.2) is 24.0 Å². The minimum absolute atomic E-state index is 0.0339. The zero-order valence-corrected chi connectivity index (χ0v) is 15.9. The van der Waals surface area contributed by atoms with Crippen LogP contribution in [0.2, 0.25) is 0 Å². The van der Waals surface area contributed by atoms with Crippen molar-refractivity contribution in [2.24, 2.45) is 10.2 Å². The zero-order chi connectivity index (χ0) is 20.5. The number of rotatable bonds is 4. The van der Waals surface area contributed by atoms with Crippen LogP contribution in [0.1, 0.15) is 12.5 Å². The number of phenols is 1. The largest absolute Gasteiger partial charge is 0.505 e. The lowest BCUT2D eigenvalue weighted by atomic mass is 10.1. The van der Waals surface area contributed by atoms with Crippen LogP contribution in [0.3, 0.4) is 0 Å². The lowest BCUT2D eigenvalue weighted by Crippen LogP contribution is -2.07. The molecule has 0 radical (unpaired) electrons. The molecule has 3 rings (SSSR count). The topological polar surface area (TPSA) is 128 Å². The molecule has 28 heavy (non-hydrogen) atoms. The molecule has 0 aromatic heterocycles. The summed E-state index contributed by atoms with van der Waals surface area (Å²) in [7, 11) is -4.54. The molecule has 0 saturated carbocycles. The first kappa shape index (κ1) is 19.5. The molecule has 0 unspecified atom stereocenters. The van der Waals surface area contributed by atoms with E-state index in [2.05, 4.69) is 15.5 Å². The van der Waals surface area contributed by atoms with Crippen molar-refractivity contribution >= 4 is 43.9 Å². The highest BCUT2D eigenvalue weighted by molar-refractivity contribution is 7.86. The molecule has 0 heterocycles. The second-order valence-electron chi connectivity index (χ2n) is 6.11. The normalized spacial score (nSPS) is 11.8. The van der Waals surface area contributed by atoms with Crippen molar-refractivity contribution in [2.45, 2.75) is 18.7 Å². The lowest BCUT2D eigenvalue weighted by molar-refractivity contribution is -0.114. The van der Waals surface area contributed by atoms with Gasteiger partial charge in [-0.3, -0.25) is 9.35 Å². The molecule has 3 aromatic rings. The highest BCUT2D eigenvalue weighted by Crippen LogP contribution is 2.42. The van der Waals surface area contributed by atoms with Gasteiger partial charge in [0.15, 0.2) is 5.75 Å². The first-order chi connectivity index (χ1) is 13.2. The maximum Gasteiger partial charge on any atom is 0.295 e. The Kier molecular flexibility index (Phi) is 5.12. The number of hydrogen-bond acceptors (Lipinski definition) is 6. The van der Waals surface area contributed by atoms with Crippen LogP contribution in [-0.2, 0) is 14.9 Å². The molecule has 0 bridgehead atoms. The average molecular weight is 399 g/mol. The van der Waals surface area contributed by atoms with Crippen molar-refractivity contribution in [2.75, 3.05) is 5.32 Å². The molecule has 0 atom stereocenters. The van der Waals surface area contributed by atoms with Crippen LogP contribution in [0.25, 0.3) is 10.8 Å². The van der Waals surface area contributed by atoms with Gasteiger partial charge in [0.2, 0.25) is 5.91 Å². The molecule has 3 N–H and O–H groups in total. The summed E-state index contributed by atoms with van der Waals surface area (Å²) in [5.74, 6) is -0.781. The van der Waals surface area contributed by atoms with E-state index < -0.39 is 20.9 Å². The number of aryl methyl sites for hydroxylation is 1. The summed E-state index contributed by atoms with van der Waals surface area (Å²) in [6.07, 6.45) is 0. The third kappa shape index (κ3) is 3.85. The highest BCUT2D eigenvalue weighted by Gasteiger charge is 2.20. The van der Waals surface area contributed by atoms with Crippen LogP contribution >= 0.6 is 0 Å². The number of azo groups is 1. The van der Waals surface area contributed by atoms with E-state index >= 15 is 0 Å². The minimum Gasteiger partial charge on any atom is -0.505 e. The van der Waals surface area contributed by atoms with Crippen LogP contribution in [0.5, 0.6) is 5.75 Å². The second-order valence-corrected chi connectivity index (χ2v) is 7.50. The van der Waals surface area contributed by atoms with Gasteiger partial charge in [0.1, 0.15) is 10.6 Å². The maximum absolute atomic E-state index is 11.7. The van der Waals surface area contributed by atoms with E-state index in [1.807, 2.05) is 19.1 Å². The van der Waals surface area contributed by atoms with Crippen LogP contribution < -0.4 is 5.32 Å². The number of hydrogen-bond donors (Lipinski definition) is 3. The highest BCUT2D eigenvalue weighted by atomic mass is 32.2. The Morgan fingerprint density at radius 3 is 2.32 bits per heavy atom. The van der Waals surface area contributed by atoms with Gasteiger partial charge in [0.05, 0.1) is 16.8 Å². The molecule has 0 spiro atoms. The van der Waals surface area contributed by atoms with Gasteiger partial charge >= 0.3 is 0 Å². The third-order valence-electron chi connectivity index (χ3n) is 4.06. The number of fused-ring (bicyclic) bond motifs is 1. The quantitative estimate of drug-likeness (QED) is 0.440. The molecule has 3 aromatic carbocycles. The Bertz CT molecular complexity index is 1220. The molecule has 8 nitrogen and oxygen atoms in total. The molecule has 0 aliphatic rings. The molecular formula is C19H17N3O5S. The van der Waals surface area contributed by atoms with Crippen molar-refractivity contribution in [3.8, 4) is 5.75 Å². The fourth-order valence-corrected chi connectivity index (χ4v) is 3.46. The summed E-state index contributed by atoms with van der Waals surface area (Å²) >= 11 is 0. The predicted octanol–water partition coefficient (Wildman–Crippen LogP) is 4.47. The number of phenolic OH excluding ortho intramolecular Hbond substituents is 1. The number of carbonyl (C=O) groups excluding carboxylic acids is 1. The van der Waals surface area contributed by atoms with Gasteiger partial charge in [-0.05, 0) is 36.8 Å². The Morgan fingerprint density at radius 1 is 1.00 bits per heavy atom. The first-order valence-electron chi connectivity index (χ1n) is 8.19. The third-order valence-corrected chi connectivity index (χ3v) is 4.97. The Labute approximate surface area is 161 Å². The van der Waals surface area contributed by atoms with E-state index in [9.17, 15) is 22.9 Å². The van der Waals surface area contributed by atoms with E-state index in [1.54, 1.807) is 12.1 Å². The Balaban J connectivity index is 2.23. The zero-order valence-electron chi connectivity index (χ0n) is 15.0. The number of nitrogens with zero attached hydrogens (tertiary/aromatic N) is 2. The standard InChI is InChI=1S/C19H17N3O5S/c1-11-5-3-4-6-14(11)21-22-16-8-7-13-17(28(25,26)27)10-9-15(20-12(2)23)18(13)19(16)24/h3-10,24H,1-2H3,(H,20,23)(H,25,26,27). The van der Waals surface area contributed by atoms with Gasteiger partial charge in [0.25, 0.3) is 10.1 Å². The van der Waals surface area contributed by atoms with Gasteiger partial charge in [-0.1, -0.05) is 24.3 Å². The fourth-order valence-electron chi connectivity index (χ4n) is 2.77. The molecule has 144 valence electrons. The van der Waals surface area contributed by atoms with E-state index in [0.717, 1.165) is 11.6 Å². The summed E-state index contributed by atoms with van der Waals surface area (Å²) in [6, 6.07) is 12.5. The Morgan fingerprint density at radius 2 is 1.68 bits per heavy atom. The monoisotopic (exact) mass is 399 g/mol. The first-order valence-corrected chi connectivity index (χ1v) is 9.63. The fraction of sp³-hybridized carbons (Fsp3) is 0.105. The number of amides is 1. The van der Waals surface area contributed by atoms with E-state index in [-0.39, 0.29) is 27.9 Å². The smallest absolute Gasteiger partial charge is 0.295 e. The van der Waals surface area contributed by atoms with E-state index in [0.29, 0.717) is 5.69 Å². The van der Waals surface area contributed by atoms with Crippen molar-refractivity contribution < 1.29 is 22.9 Å². The number of benzene rings is 3. The molecule has 0 aliphatic heterocycles. The van der Waals surface area contributed by atoms with Crippen LogP contribution in [0.4, 0.5) is 17.1 Å². The summed E-state index contributed by atoms with van der Waals surface area (Å²) in [4.78, 5) is 11.1. The molecule has 0 fully saturated rings. The lowest BCUT2D eigenvalue weighted by Gasteiger charge is -2.12. The van der Waals surface area contributed by atoms with Gasteiger partial charge in [-0.25, -0.2) is 0 Å². The number of nitrogens with one attached hydrogen (secondary N) is 1. The van der Waals surface area contributed by atoms with Gasteiger partial charge in [-0.15, -0.1) is 5.11 Å². The summed E-state index contributed by atoms with van der Waals surface area (Å²) in [5.41, 5.74) is 1.75. The molecule has 0 saturated heterocycles. The predicted molar refractivity (Wildman–Crippen MR) is 105 cm³/mol. The maximum atomic E-state index is 11.7. The second kappa shape index (κ2) is 7.37. The Hall–Kier alpha value is -3.30. The van der Waals surface area contributed by atoms with Gasteiger partial charge in [-0.2, -0.15) is 13.5 Å². The van der Waals surface area contributed by atoms with E-state index in [1.165, 1.54) is 25.1 Å². The SMILES string of the molecule is CC(=O)Nc1ccc(S(=O)(=O)O)c2ccc(N=Nc3ccccc3C)c(O)c12. The van der Waals surface area contributed by atoms with Crippen molar-refractivity contribution in [1.82, 2.24) is 0 Å². The van der Waals surface area contributed by atoms with Gasteiger partial charge in [0, 0.05) is 12.3 Å². The molecule has 9 heteroatoms. The van der Waals surface area contributed by atoms with Gasteiger partial charge < -0.3 is 10.4 Å². The minimum atomic E-state index is -4.54. The van der Waals surface area contributed by atoms with E-state index in [4.69, 9.17) is 0 Å². The van der Waals surface area contributed by atoms with Crippen molar-refractivity contribution in [3.63, 3.8) is 0 Å².